The van der Waals surface area contributed by atoms with Crippen LogP contribution in [0.5, 0.6) is 0 Å². The lowest BCUT2D eigenvalue weighted by Gasteiger charge is -2.47. The minimum absolute atomic E-state index is 0.722. The maximum Gasteiger partial charge on any atom is 0.00895 e. The van der Waals surface area contributed by atoms with Gasteiger partial charge in [-0.15, -0.1) is 0 Å². The molecular weight excluding hydrogens is 220 g/mol. The summed E-state index contributed by atoms with van der Waals surface area (Å²) >= 11 is 0. The van der Waals surface area contributed by atoms with E-state index in [1.165, 1.54) is 58.2 Å². The second-order valence-electron chi connectivity index (χ2n) is 7.39. The number of hydrogen-bond acceptors (Lipinski definition) is 2. The second-order valence-corrected chi connectivity index (χ2v) is 7.39. The Balaban J connectivity index is 1.79. The molecule has 1 aliphatic heterocycles. The van der Waals surface area contributed by atoms with E-state index >= 15 is 0 Å². The summed E-state index contributed by atoms with van der Waals surface area (Å²) in [5.41, 5.74) is 0.722. The monoisotopic (exact) mass is 252 g/mol. The van der Waals surface area contributed by atoms with Gasteiger partial charge < -0.3 is 9.80 Å². The predicted molar refractivity (Wildman–Crippen MR) is 78.9 cm³/mol. The van der Waals surface area contributed by atoms with Crippen LogP contribution < -0.4 is 0 Å². The first-order valence-corrected chi connectivity index (χ1v) is 7.89. The fourth-order valence-corrected chi connectivity index (χ4v) is 3.96. The zero-order valence-corrected chi connectivity index (χ0v) is 12.9. The normalized spacial score (nSPS) is 26.3. The molecule has 0 N–H and O–H groups in total. The highest BCUT2D eigenvalue weighted by atomic mass is 15.1. The zero-order chi connectivity index (χ0) is 13.2. The average Bonchev–Trinajstić information content (AvgIpc) is 2.32. The van der Waals surface area contributed by atoms with Gasteiger partial charge in [-0.3, -0.25) is 0 Å². The molecule has 2 heteroatoms. The Labute approximate surface area is 114 Å². The van der Waals surface area contributed by atoms with Crippen LogP contribution >= 0.6 is 0 Å². The molecule has 1 spiro atoms. The van der Waals surface area contributed by atoms with E-state index in [1.807, 2.05) is 0 Å². The highest BCUT2D eigenvalue weighted by Gasteiger charge is 2.38. The third-order valence-electron chi connectivity index (χ3n) is 5.29. The van der Waals surface area contributed by atoms with Gasteiger partial charge in [-0.2, -0.15) is 0 Å². The summed E-state index contributed by atoms with van der Waals surface area (Å²) in [7, 11) is 4.49. The number of rotatable bonds is 3. The maximum atomic E-state index is 2.69. The molecule has 0 aromatic carbocycles. The molecule has 2 nitrogen and oxygen atoms in total. The van der Waals surface area contributed by atoms with Gasteiger partial charge in [0.1, 0.15) is 0 Å². The van der Waals surface area contributed by atoms with Crippen molar-refractivity contribution in [2.24, 2.45) is 11.3 Å². The smallest absolute Gasteiger partial charge is 0.00895 e. The van der Waals surface area contributed by atoms with Crippen LogP contribution in [0.3, 0.4) is 0 Å². The van der Waals surface area contributed by atoms with Gasteiger partial charge in [-0.05, 0) is 77.0 Å². The molecule has 2 aliphatic rings. The van der Waals surface area contributed by atoms with Crippen LogP contribution in [0.4, 0.5) is 0 Å². The molecule has 1 heterocycles. The van der Waals surface area contributed by atoms with Crippen molar-refractivity contribution >= 4 is 0 Å². The highest BCUT2D eigenvalue weighted by Crippen LogP contribution is 2.45. The number of nitrogens with zero attached hydrogens (tertiary/aromatic N) is 2. The Bertz CT molecular complexity index is 242. The summed E-state index contributed by atoms with van der Waals surface area (Å²) in [6.07, 6.45) is 8.73. The molecule has 1 aliphatic carbocycles. The number of hydrogen-bond donors (Lipinski definition) is 0. The molecule has 1 saturated heterocycles. The molecular formula is C16H32N2. The van der Waals surface area contributed by atoms with Crippen molar-refractivity contribution in [2.75, 3.05) is 33.7 Å². The lowest BCUT2D eigenvalue weighted by Crippen LogP contribution is -2.45. The topological polar surface area (TPSA) is 6.48 Å². The fourth-order valence-electron chi connectivity index (χ4n) is 3.96. The maximum absolute atomic E-state index is 2.69. The van der Waals surface area contributed by atoms with Crippen molar-refractivity contribution in [2.45, 2.75) is 58.4 Å². The van der Waals surface area contributed by atoms with Gasteiger partial charge in [-0.1, -0.05) is 13.8 Å². The van der Waals surface area contributed by atoms with Crippen LogP contribution in [0.15, 0.2) is 0 Å². The number of likely N-dealkylation sites (tertiary alicyclic amines) is 1. The van der Waals surface area contributed by atoms with Gasteiger partial charge in [0.05, 0.1) is 0 Å². The molecule has 0 unspecified atom stereocenters. The van der Waals surface area contributed by atoms with E-state index in [0.717, 1.165) is 17.4 Å². The molecule has 2 rings (SSSR count). The van der Waals surface area contributed by atoms with Crippen molar-refractivity contribution in [1.82, 2.24) is 9.80 Å². The van der Waals surface area contributed by atoms with Gasteiger partial charge in [0.25, 0.3) is 0 Å². The van der Waals surface area contributed by atoms with Gasteiger partial charge >= 0.3 is 0 Å². The minimum Gasteiger partial charge on any atom is -0.306 e. The molecule has 0 atom stereocenters. The first-order chi connectivity index (χ1) is 8.51. The van der Waals surface area contributed by atoms with E-state index in [1.54, 1.807) is 0 Å². The third kappa shape index (κ3) is 3.48. The molecule has 2 fully saturated rings. The third-order valence-corrected chi connectivity index (χ3v) is 5.29. The Morgan fingerprint density at radius 3 is 2.06 bits per heavy atom. The molecule has 18 heavy (non-hydrogen) atoms. The van der Waals surface area contributed by atoms with Crippen LogP contribution in [0.1, 0.15) is 52.4 Å². The molecule has 0 amide bonds. The summed E-state index contributed by atoms with van der Waals surface area (Å²) < 4.78 is 0. The summed E-state index contributed by atoms with van der Waals surface area (Å²) in [5.74, 6) is 0.823. The van der Waals surface area contributed by atoms with Crippen LogP contribution in [0.2, 0.25) is 0 Å². The quantitative estimate of drug-likeness (QED) is 0.761. The lowest BCUT2D eigenvalue weighted by atomic mass is 9.67. The summed E-state index contributed by atoms with van der Waals surface area (Å²) in [4.78, 5) is 5.12. The molecule has 0 aromatic rings. The lowest BCUT2D eigenvalue weighted by molar-refractivity contribution is 0.0394. The van der Waals surface area contributed by atoms with Crippen molar-refractivity contribution in [3.63, 3.8) is 0 Å². The second kappa shape index (κ2) is 5.92. The Morgan fingerprint density at radius 2 is 1.61 bits per heavy atom. The largest absolute Gasteiger partial charge is 0.306 e. The van der Waals surface area contributed by atoms with E-state index < -0.39 is 0 Å². The van der Waals surface area contributed by atoms with Gasteiger partial charge in [-0.25, -0.2) is 0 Å². The first-order valence-electron chi connectivity index (χ1n) is 7.89. The van der Waals surface area contributed by atoms with Crippen LogP contribution in [-0.4, -0.2) is 49.6 Å². The Morgan fingerprint density at radius 1 is 1.06 bits per heavy atom. The molecule has 0 bridgehead atoms. The van der Waals surface area contributed by atoms with E-state index in [9.17, 15) is 0 Å². The Hall–Kier alpha value is -0.0800. The standard InChI is InChI=1S/C16H32N2/c1-14(2)13-18-11-9-16(10-12-18)7-5-15(6-8-16)17(3)4/h14-15H,5-13H2,1-4H3. The van der Waals surface area contributed by atoms with Gasteiger partial charge in [0.15, 0.2) is 0 Å². The fraction of sp³-hybridized carbons (Fsp3) is 1.00. The SMILES string of the molecule is CC(C)CN1CCC2(CCC(N(C)C)CC2)CC1. The van der Waals surface area contributed by atoms with Gasteiger partial charge in [0, 0.05) is 12.6 Å². The average molecular weight is 252 g/mol. The highest BCUT2D eigenvalue weighted by molar-refractivity contribution is 4.92. The van der Waals surface area contributed by atoms with E-state index in [4.69, 9.17) is 0 Å². The van der Waals surface area contributed by atoms with E-state index in [0.29, 0.717) is 0 Å². The van der Waals surface area contributed by atoms with Crippen molar-refractivity contribution < 1.29 is 0 Å². The Kier molecular flexibility index (Phi) is 4.71. The van der Waals surface area contributed by atoms with Crippen LogP contribution in [0, 0.1) is 11.3 Å². The van der Waals surface area contributed by atoms with Crippen molar-refractivity contribution in [1.29, 1.82) is 0 Å². The van der Waals surface area contributed by atoms with Crippen molar-refractivity contribution in [3.05, 3.63) is 0 Å². The molecule has 0 radical (unpaired) electrons. The van der Waals surface area contributed by atoms with E-state index in [2.05, 4.69) is 37.7 Å². The first kappa shape index (κ1) is 14.3. The van der Waals surface area contributed by atoms with Crippen LogP contribution in [-0.2, 0) is 0 Å². The summed E-state index contributed by atoms with van der Waals surface area (Å²) in [6, 6.07) is 0.851. The number of piperidine rings is 1. The van der Waals surface area contributed by atoms with Crippen LogP contribution in [0.25, 0.3) is 0 Å². The summed E-state index contributed by atoms with van der Waals surface area (Å²) in [5, 5.41) is 0. The van der Waals surface area contributed by atoms with Crippen molar-refractivity contribution in [3.8, 4) is 0 Å². The predicted octanol–water partition coefficient (Wildman–Crippen LogP) is 3.23. The minimum atomic E-state index is 0.722. The molecule has 0 aromatic heterocycles. The zero-order valence-electron chi connectivity index (χ0n) is 12.9. The van der Waals surface area contributed by atoms with E-state index in [-0.39, 0.29) is 0 Å². The molecule has 106 valence electrons. The van der Waals surface area contributed by atoms with Gasteiger partial charge in [0.2, 0.25) is 0 Å². The summed E-state index contributed by atoms with van der Waals surface area (Å²) in [6.45, 7) is 8.69. The molecule has 1 saturated carbocycles.